The lowest BCUT2D eigenvalue weighted by Crippen LogP contribution is -2.41. The van der Waals surface area contributed by atoms with E-state index < -0.39 is 0 Å². The zero-order valence-corrected chi connectivity index (χ0v) is 18.7. The molecule has 2 saturated heterocycles. The Labute approximate surface area is 185 Å². The minimum atomic E-state index is 0.329. The summed E-state index contributed by atoms with van der Waals surface area (Å²) in [6.07, 6.45) is 9.29. The van der Waals surface area contributed by atoms with Gasteiger partial charge in [-0.1, -0.05) is 23.4 Å². The molecule has 0 aliphatic carbocycles. The first-order valence-electron chi connectivity index (χ1n) is 10.2. The largest absolute Gasteiger partial charge is 0.382 e. The van der Waals surface area contributed by atoms with Crippen LogP contribution in [-0.2, 0) is 4.74 Å². The molecule has 2 N–H and O–H groups in total. The molecule has 1 atom stereocenters. The number of hydrogen-bond acceptors (Lipinski definition) is 7. The highest BCUT2D eigenvalue weighted by Crippen LogP contribution is 2.43. The number of nitrogens with zero attached hydrogens (tertiary/aromatic N) is 5. The second-order valence-corrected chi connectivity index (χ2v) is 9.80. The predicted molar refractivity (Wildman–Crippen MR) is 119 cm³/mol. The lowest BCUT2D eigenvalue weighted by molar-refractivity contribution is 0.0975. The van der Waals surface area contributed by atoms with Crippen molar-refractivity contribution >= 4 is 40.8 Å². The van der Waals surface area contributed by atoms with Gasteiger partial charge in [-0.25, -0.2) is 15.0 Å². The molecular weight excluding hydrogens is 420 g/mol. The molecule has 0 unspecified atom stereocenters. The summed E-state index contributed by atoms with van der Waals surface area (Å²) >= 11 is 7.90. The van der Waals surface area contributed by atoms with E-state index in [0.717, 1.165) is 59.6 Å². The van der Waals surface area contributed by atoms with Crippen LogP contribution in [-0.4, -0.2) is 45.2 Å². The van der Waals surface area contributed by atoms with Crippen molar-refractivity contribution in [3.05, 3.63) is 35.4 Å². The predicted octanol–water partition coefficient (Wildman–Crippen LogP) is 4.21. The van der Waals surface area contributed by atoms with E-state index in [1.165, 1.54) is 18.2 Å². The van der Waals surface area contributed by atoms with Gasteiger partial charge in [-0.2, -0.15) is 0 Å². The van der Waals surface area contributed by atoms with Crippen LogP contribution in [0.15, 0.2) is 34.4 Å². The Kier molecular flexibility index (Phi) is 5.03. The molecule has 1 spiro atoms. The Morgan fingerprint density at radius 3 is 2.80 bits per heavy atom. The third-order valence-corrected chi connectivity index (χ3v) is 8.00. The molecule has 2 fully saturated rings. The standard InChI is InChI=1S/C21H25ClN6OS/c1-13-11-21(12-29-13)4-8-27(9-5-21)20-26-14(2)17(19-25-7-10-28(19)20)30-15-3-6-24-18(23)16(15)22/h3,6-7,10,13H,4-5,8-9,11-12H2,1-2H3,(H2,23,24)/t13-/m0/s1. The number of imidazole rings is 1. The highest BCUT2D eigenvalue weighted by molar-refractivity contribution is 7.99. The molecule has 2 aliphatic heterocycles. The first kappa shape index (κ1) is 19.9. The van der Waals surface area contributed by atoms with Crippen molar-refractivity contribution in [2.45, 2.75) is 49.0 Å². The van der Waals surface area contributed by atoms with Crippen molar-refractivity contribution < 1.29 is 4.74 Å². The molecule has 0 aromatic carbocycles. The van der Waals surface area contributed by atoms with Crippen LogP contribution in [0.25, 0.3) is 5.65 Å². The molecule has 0 radical (unpaired) electrons. The minimum absolute atomic E-state index is 0.329. The molecule has 0 bridgehead atoms. The summed E-state index contributed by atoms with van der Waals surface area (Å²) in [7, 11) is 0. The van der Waals surface area contributed by atoms with E-state index in [1.54, 1.807) is 6.20 Å². The van der Waals surface area contributed by atoms with E-state index in [9.17, 15) is 0 Å². The first-order valence-corrected chi connectivity index (χ1v) is 11.4. The van der Waals surface area contributed by atoms with Gasteiger partial charge in [0.2, 0.25) is 5.95 Å². The molecule has 2 aliphatic rings. The fourth-order valence-electron chi connectivity index (χ4n) is 4.60. The smallest absolute Gasteiger partial charge is 0.211 e. The van der Waals surface area contributed by atoms with Crippen LogP contribution < -0.4 is 10.6 Å². The summed E-state index contributed by atoms with van der Waals surface area (Å²) in [6, 6.07) is 1.87. The number of ether oxygens (including phenoxy) is 1. The third kappa shape index (κ3) is 3.40. The number of pyridine rings is 1. The van der Waals surface area contributed by atoms with Crippen molar-refractivity contribution in [1.29, 1.82) is 0 Å². The Hall–Kier alpha value is -2.03. The van der Waals surface area contributed by atoms with Gasteiger partial charge in [0.05, 0.1) is 28.3 Å². The number of nitrogens with two attached hydrogens (primary N) is 1. The summed E-state index contributed by atoms with van der Waals surface area (Å²) in [5, 5.41) is 0.463. The molecule has 5 rings (SSSR count). The van der Waals surface area contributed by atoms with E-state index in [1.807, 2.05) is 25.4 Å². The zero-order valence-electron chi connectivity index (χ0n) is 17.1. The second kappa shape index (κ2) is 7.59. The number of hydrogen-bond donors (Lipinski definition) is 1. The van der Waals surface area contributed by atoms with Gasteiger partial charge >= 0.3 is 0 Å². The Morgan fingerprint density at radius 1 is 1.27 bits per heavy atom. The van der Waals surface area contributed by atoms with Crippen LogP contribution in [0, 0.1) is 12.3 Å². The summed E-state index contributed by atoms with van der Waals surface area (Å²) < 4.78 is 7.96. The van der Waals surface area contributed by atoms with Crippen LogP contribution in [0.2, 0.25) is 5.02 Å². The summed E-state index contributed by atoms with van der Waals surface area (Å²) in [4.78, 5) is 17.9. The van der Waals surface area contributed by atoms with Crippen LogP contribution in [0.1, 0.15) is 31.9 Å². The van der Waals surface area contributed by atoms with Crippen LogP contribution in [0.5, 0.6) is 0 Å². The van der Waals surface area contributed by atoms with Gasteiger partial charge in [-0.15, -0.1) is 0 Å². The van der Waals surface area contributed by atoms with E-state index in [0.29, 0.717) is 22.4 Å². The van der Waals surface area contributed by atoms with Gasteiger partial charge in [0, 0.05) is 36.6 Å². The van der Waals surface area contributed by atoms with Gasteiger partial charge in [0.1, 0.15) is 5.82 Å². The van der Waals surface area contributed by atoms with Crippen LogP contribution >= 0.6 is 23.4 Å². The van der Waals surface area contributed by atoms with Crippen LogP contribution in [0.4, 0.5) is 11.8 Å². The Balaban J connectivity index is 1.45. The van der Waals surface area contributed by atoms with Crippen molar-refractivity contribution in [2.24, 2.45) is 5.41 Å². The number of fused-ring (bicyclic) bond motifs is 1. The quantitative estimate of drug-likeness (QED) is 0.647. The fraction of sp³-hybridized carbons (Fsp3) is 0.476. The maximum Gasteiger partial charge on any atom is 0.211 e. The van der Waals surface area contributed by atoms with Crippen molar-refractivity contribution in [1.82, 2.24) is 19.4 Å². The Morgan fingerprint density at radius 2 is 2.07 bits per heavy atom. The molecule has 3 aromatic heterocycles. The van der Waals surface area contributed by atoms with Gasteiger partial charge in [-0.3, -0.25) is 4.40 Å². The van der Waals surface area contributed by atoms with Gasteiger partial charge in [0.15, 0.2) is 5.65 Å². The normalized spacial score (nSPS) is 21.0. The molecule has 158 valence electrons. The second-order valence-electron chi connectivity index (χ2n) is 8.37. The lowest BCUT2D eigenvalue weighted by Gasteiger charge is -2.39. The number of aromatic nitrogens is 4. The molecule has 9 heteroatoms. The van der Waals surface area contributed by atoms with Crippen LogP contribution in [0.3, 0.4) is 0 Å². The minimum Gasteiger partial charge on any atom is -0.382 e. The van der Waals surface area contributed by atoms with E-state index in [2.05, 4.69) is 26.2 Å². The van der Waals surface area contributed by atoms with Gasteiger partial charge in [-0.05, 0) is 44.6 Å². The SMILES string of the molecule is Cc1nc(N2CCC3(CC2)CO[C@@H](C)C3)n2ccnc2c1Sc1ccnc(N)c1Cl. The number of anilines is 2. The maximum absolute atomic E-state index is 6.37. The monoisotopic (exact) mass is 444 g/mol. The summed E-state index contributed by atoms with van der Waals surface area (Å²) in [5.74, 6) is 1.28. The molecule has 0 amide bonds. The number of nitrogen functional groups attached to an aromatic ring is 1. The fourth-order valence-corrected chi connectivity index (χ4v) is 5.80. The number of halogens is 1. The van der Waals surface area contributed by atoms with Gasteiger partial charge in [0.25, 0.3) is 0 Å². The maximum atomic E-state index is 6.37. The summed E-state index contributed by atoms with van der Waals surface area (Å²) in [5.41, 5.74) is 8.03. The lowest BCUT2D eigenvalue weighted by atomic mass is 9.77. The molecule has 7 nitrogen and oxygen atoms in total. The highest BCUT2D eigenvalue weighted by atomic mass is 35.5. The van der Waals surface area contributed by atoms with E-state index in [4.69, 9.17) is 27.1 Å². The van der Waals surface area contributed by atoms with Crippen molar-refractivity contribution in [2.75, 3.05) is 30.3 Å². The molecular formula is C21H25ClN6OS. The third-order valence-electron chi connectivity index (χ3n) is 6.25. The van der Waals surface area contributed by atoms with E-state index >= 15 is 0 Å². The average molecular weight is 445 g/mol. The number of rotatable bonds is 3. The average Bonchev–Trinajstić information content (AvgIpc) is 3.35. The number of piperidine rings is 1. The molecule has 3 aromatic rings. The van der Waals surface area contributed by atoms with E-state index in [-0.39, 0.29) is 0 Å². The van der Waals surface area contributed by atoms with Gasteiger partial charge < -0.3 is 15.4 Å². The zero-order chi connectivity index (χ0) is 20.9. The van der Waals surface area contributed by atoms with Crippen molar-refractivity contribution in [3.63, 3.8) is 0 Å². The first-order chi connectivity index (χ1) is 14.5. The Bertz CT molecular complexity index is 1090. The molecule has 0 saturated carbocycles. The van der Waals surface area contributed by atoms with Crippen molar-refractivity contribution in [3.8, 4) is 0 Å². The summed E-state index contributed by atoms with van der Waals surface area (Å²) in [6.45, 7) is 7.06. The molecule has 5 heterocycles. The topological polar surface area (TPSA) is 81.6 Å². The highest BCUT2D eigenvalue weighted by Gasteiger charge is 2.41. The molecule has 30 heavy (non-hydrogen) atoms. The number of aryl methyl sites for hydroxylation is 1.